The molecule has 136 valence electrons. The van der Waals surface area contributed by atoms with E-state index in [0.29, 0.717) is 18.5 Å². The highest BCUT2D eigenvalue weighted by atomic mass is 16.2. The largest absolute Gasteiger partial charge is 0.311 e. The normalized spacial score (nSPS) is 12.2. The number of rotatable bonds is 7. The van der Waals surface area contributed by atoms with Gasteiger partial charge in [-0.1, -0.05) is 57.2 Å². The fraction of sp³-hybridized carbons (Fsp3) is 0.364. The van der Waals surface area contributed by atoms with Crippen LogP contribution in [0.1, 0.15) is 43.1 Å². The van der Waals surface area contributed by atoms with Crippen molar-refractivity contribution in [3.8, 4) is 11.1 Å². The first kappa shape index (κ1) is 18.3. The molecule has 0 aromatic heterocycles. The number of carbonyl (C=O) groups is 2. The predicted octanol–water partition coefficient (Wildman–Crippen LogP) is 3.98. The van der Waals surface area contributed by atoms with Gasteiger partial charge in [-0.25, -0.2) is 0 Å². The summed E-state index contributed by atoms with van der Waals surface area (Å²) in [6, 6.07) is 13.4. The fourth-order valence-electron chi connectivity index (χ4n) is 3.63. The van der Waals surface area contributed by atoms with E-state index in [-0.39, 0.29) is 11.7 Å². The SMILES string of the molecule is CCC(=O)N(CCN(CC)CC)c1cccc2c1-c1ccccc1C2=O. The van der Waals surface area contributed by atoms with E-state index >= 15 is 0 Å². The van der Waals surface area contributed by atoms with E-state index in [1.807, 2.05) is 54.3 Å². The Hall–Kier alpha value is -2.46. The molecule has 1 aliphatic carbocycles. The van der Waals surface area contributed by atoms with Crippen LogP contribution in [0.15, 0.2) is 42.5 Å². The van der Waals surface area contributed by atoms with E-state index in [9.17, 15) is 9.59 Å². The van der Waals surface area contributed by atoms with E-state index in [0.717, 1.165) is 42.0 Å². The quantitative estimate of drug-likeness (QED) is 0.647. The van der Waals surface area contributed by atoms with Crippen molar-refractivity contribution in [3.63, 3.8) is 0 Å². The highest BCUT2D eigenvalue weighted by Gasteiger charge is 2.31. The van der Waals surface area contributed by atoms with Crippen LogP contribution in [0.3, 0.4) is 0 Å². The second kappa shape index (κ2) is 7.83. The molecule has 1 amide bonds. The first-order chi connectivity index (χ1) is 12.6. The average molecular weight is 350 g/mol. The molecule has 4 heteroatoms. The van der Waals surface area contributed by atoms with Gasteiger partial charge >= 0.3 is 0 Å². The van der Waals surface area contributed by atoms with Crippen LogP contribution in [0.4, 0.5) is 5.69 Å². The zero-order valence-corrected chi connectivity index (χ0v) is 15.8. The summed E-state index contributed by atoms with van der Waals surface area (Å²) in [5.41, 5.74) is 4.09. The van der Waals surface area contributed by atoms with Crippen LogP contribution in [-0.2, 0) is 4.79 Å². The van der Waals surface area contributed by atoms with Crippen LogP contribution < -0.4 is 4.90 Å². The van der Waals surface area contributed by atoms with Gasteiger partial charge in [-0.15, -0.1) is 0 Å². The van der Waals surface area contributed by atoms with Gasteiger partial charge in [0.05, 0.1) is 5.69 Å². The zero-order valence-electron chi connectivity index (χ0n) is 15.8. The number of amides is 1. The summed E-state index contributed by atoms with van der Waals surface area (Å²) in [6.07, 6.45) is 0.442. The number of anilines is 1. The van der Waals surface area contributed by atoms with Crippen molar-refractivity contribution < 1.29 is 9.59 Å². The van der Waals surface area contributed by atoms with Gasteiger partial charge in [-0.3, -0.25) is 9.59 Å². The van der Waals surface area contributed by atoms with Crippen LogP contribution in [0, 0.1) is 0 Å². The van der Waals surface area contributed by atoms with Gasteiger partial charge in [-0.2, -0.15) is 0 Å². The molecule has 4 nitrogen and oxygen atoms in total. The Morgan fingerprint density at radius 3 is 2.15 bits per heavy atom. The Labute approximate surface area is 155 Å². The molecule has 0 aliphatic heterocycles. The topological polar surface area (TPSA) is 40.6 Å². The third-order valence-electron chi connectivity index (χ3n) is 5.16. The molecule has 0 atom stereocenters. The minimum atomic E-state index is 0.0464. The Kier molecular flexibility index (Phi) is 5.52. The van der Waals surface area contributed by atoms with Crippen molar-refractivity contribution in [3.05, 3.63) is 53.6 Å². The number of benzene rings is 2. The number of hydrogen-bond acceptors (Lipinski definition) is 3. The molecule has 0 unspecified atom stereocenters. The maximum Gasteiger partial charge on any atom is 0.226 e. The van der Waals surface area contributed by atoms with Crippen molar-refractivity contribution in [2.75, 3.05) is 31.1 Å². The Balaban J connectivity index is 2.05. The van der Waals surface area contributed by atoms with Crippen LogP contribution in [0.2, 0.25) is 0 Å². The van der Waals surface area contributed by atoms with Crippen LogP contribution in [0.25, 0.3) is 11.1 Å². The number of ketones is 1. The lowest BCUT2D eigenvalue weighted by Crippen LogP contribution is -2.38. The summed E-state index contributed by atoms with van der Waals surface area (Å²) in [5, 5.41) is 0. The number of nitrogens with zero attached hydrogens (tertiary/aromatic N) is 2. The third kappa shape index (κ3) is 3.17. The van der Waals surface area contributed by atoms with Gasteiger partial charge in [0.1, 0.15) is 0 Å². The standard InChI is InChI=1S/C22H26N2O2/c1-4-20(25)24(15-14-23(5-2)6-3)19-13-9-12-18-21(19)16-10-7-8-11-17(16)22(18)26/h7-13H,4-6,14-15H2,1-3H3. The Morgan fingerprint density at radius 2 is 1.50 bits per heavy atom. The third-order valence-corrected chi connectivity index (χ3v) is 5.16. The molecule has 0 N–H and O–H groups in total. The number of carbonyl (C=O) groups excluding carboxylic acids is 2. The van der Waals surface area contributed by atoms with E-state index in [4.69, 9.17) is 0 Å². The maximum atomic E-state index is 12.7. The summed E-state index contributed by atoms with van der Waals surface area (Å²) in [7, 11) is 0. The minimum absolute atomic E-state index is 0.0464. The molecule has 0 heterocycles. The maximum absolute atomic E-state index is 12.7. The molecule has 2 aromatic rings. The lowest BCUT2D eigenvalue weighted by atomic mass is 10.0. The molecular formula is C22H26N2O2. The number of hydrogen-bond donors (Lipinski definition) is 0. The molecule has 0 spiro atoms. The molecule has 0 radical (unpaired) electrons. The monoisotopic (exact) mass is 350 g/mol. The van der Waals surface area contributed by atoms with E-state index in [2.05, 4.69) is 18.7 Å². The minimum Gasteiger partial charge on any atom is -0.311 e. The molecule has 1 aliphatic rings. The van der Waals surface area contributed by atoms with Gasteiger partial charge in [0, 0.05) is 36.2 Å². The van der Waals surface area contributed by atoms with Crippen molar-refractivity contribution in [2.24, 2.45) is 0 Å². The van der Waals surface area contributed by atoms with Crippen LogP contribution in [-0.4, -0.2) is 42.8 Å². The second-order valence-corrected chi connectivity index (χ2v) is 6.50. The van der Waals surface area contributed by atoms with Crippen molar-refractivity contribution in [2.45, 2.75) is 27.2 Å². The van der Waals surface area contributed by atoms with Gasteiger partial charge in [0.25, 0.3) is 0 Å². The Bertz CT molecular complexity index is 825. The average Bonchev–Trinajstić information content (AvgIpc) is 2.98. The molecule has 26 heavy (non-hydrogen) atoms. The molecule has 0 saturated heterocycles. The fourth-order valence-corrected chi connectivity index (χ4v) is 3.63. The van der Waals surface area contributed by atoms with Crippen molar-refractivity contribution >= 4 is 17.4 Å². The summed E-state index contributed by atoms with van der Waals surface area (Å²) in [5.74, 6) is 0.132. The van der Waals surface area contributed by atoms with Gasteiger partial charge in [0.15, 0.2) is 5.78 Å². The van der Waals surface area contributed by atoms with Crippen LogP contribution in [0.5, 0.6) is 0 Å². The van der Waals surface area contributed by atoms with Crippen molar-refractivity contribution in [1.82, 2.24) is 4.90 Å². The van der Waals surface area contributed by atoms with E-state index in [1.54, 1.807) is 0 Å². The molecule has 0 saturated carbocycles. The lowest BCUT2D eigenvalue weighted by Gasteiger charge is -2.28. The highest BCUT2D eigenvalue weighted by Crippen LogP contribution is 2.42. The van der Waals surface area contributed by atoms with Gasteiger partial charge in [0.2, 0.25) is 5.91 Å². The van der Waals surface area contributed by atoms with E-state index in [1.165, 1.54) is 0 Å². The summed E-state index contributed by atoms with van der Waals surface area (Å²) in [6.45, 7) is 9.50. The Morgan fingerprint density at radius 1 is 0.846 bits per heavy atom. The first-order valence-electron chi connectivity index (χ1n) is 9.42. The van der Waals surface area contributed by atoms with Crippen LogP contribution >= 0.6 is 0 Å². The molecule has 2 aromatic carbocycles. The predicted molar refractivity (Wildman–Crippen MR) is 106 cm³/mol. The summed E-state index contributed by atoms with van der Waals surface area (Å²) in [4.78, 5) is 29.6. The first-order valence-corrected chi connectivity index (χ1v) is 9.42. The number of fused-ring (bicyclic) bond motifs is 3. The van der Waals surface area contributed by atoms with E-state index < -0.39 is 0 Å². The molecule has 3 rings (SSSR count). The van der Waals surface area contributed by atoms with Crippen molar-refractivity contribution in [1.29, 1.82) is 0 Å². The molecular weight excluding hydrogens is 324 g/mol. The summed E-state index contributed by atoms with van der Waals surface area (Å²) >= 11 is 0. The highest BCUT2D eigenvalue weighted by molar-refractivity contribution is 6.24. The second-order valence-electron chi connectivity index (χ2n) is 6.50. The molecule has 0 bridgehead atoms. The lowest BCUT2D eigenvalue weighted by molar-refractivity contribution is -0.118. The summed E-state index contributed by atoms with van der Waals surface area (Å²) < 4.78 is 0. The smallest absolute Gasteiger partial charge is 0.226 e. The number of likely N-dealkylation sites (N-methyl/N-ethyl adjacent to an activating group) is 1. The van der Waals surface area contributed by atoms with Gasteiger partial charge in [-0.05, 0) is 24.7 Å². The van der Waals surface area contributed by atoms with Gasteiger partial charge < -0.3 is 9.80 Å². The molecule has 0 fully saturated rings. The zero-order chi connectivity index (χ0) is 18.7.